The van der Waals surface area contributed by atoms with E-state index in [4.69, 9.17) is 24.3 Å². The molecule has 2 unspecified atom stereocenters. The van der Waals surface area contributed by atoms with Crippen molar-refractivity contribution >= 4 is 19.8 Å². The minimum absolute atomic E-state index is 0.0471. The van der Waals surface area contributed by atoms with E-state index in [9.17, 15) is 19.0 Å². The van der Waals surface area contributed by atoms with Crippen LogP contribution < -0.4 is 5.73 Å². The Hall–Kier alpha value is -3.07. The van der Waals surface area contributed by atoms with E-state index in [1.807, 2.05) is 0 Å². The third kappa shape index (κ3) is 52.3. The number of phosphoric acid groups is 1. The molecule has 3 N–H and O–H groups in total. The summed E-state index contributed by atoms with van der Waals surface area (Å²) >= 11 is 0. The Labute approximate surface area is 416 Å². The number of unbranched alkanes of at least 4 members (excludes halogenated alkanes) is 21. The minimum Gasteiger partial charge on any atom is -0.462 e. The molecule has 0 radical (unpaired) electrons. The van der Waals surface area contributed by atoms with E-state index in [1.165, 1.54) is 83.5 Å². The van der Waals surface area contributed by atoms with E-state index in [-0.39, 0.29) is 32.6 Å². The van der Waals surface area contributed by atoms with Gasteiger partial charge in [-0.1, -0.05) is 214 Å². The molecule has 0 aliphatic rings. The largest absolute Gasteiger partial charge is 0.472 e. The summed E-state index contributed by atoms with van der Waals surface area (Å²) in [6.45, 7) is 3.61. The summed E-state index contributed by atoms with van der Waals surface area (Å²) < 4.78 is 32.9. The van der Waals surface area contributed by atoms with Crippen molar-refractivity contribution in [1.29, 1.82) is 0 Å². The standard InChI is InChI=1S/C58H100NO8P/c1-3-5-7-9-11-13-15-17-19-21-22-23-24-25-26-27-28-29-30-31-32-33-34-35-37-39-41-43-45-47-49-51-58(61)67-56(55-66-68(62,63)65-53-52-59)54-64-57(60)50-48-46-44-42-40-38-36-20-18-16-14-12-10-8-6-4-2/h5,7,11,13,17,19-20,22-23,25-26,28-29,31-32,36,56H,3-4,6,8-10,12,14-16,18,21,24,27,30,33-35,37-55,59H2,1-2H3,(H,62,63)/b7-5-,13-11-,19-17-,23-22-,26-25-,29-28-,32-31-,36-20-. The predicted molar refractivity (Wildman–Crippen MR) is 288 cm³/mol. The molecule has 2 atom stereocenters. The lowest BCUT2D eigenvalue weighted by Crippen LogP contribution is -2.29. The Bertz CT molecular complexity index is 1430. The Morgan fingerprint density at radius 1 is 0.456 bits per heavy atom. The third-order valence-electron chi connectivity index (χ3n) is 11.2. The fraction of sp³-hybridized carbons (Fsp3) is 0.690. The molecule has 0 aliphatic heterocycles. The fourth-order valence-electron chi connectivity index (χ4n) is 7.20. The highest BCUT2D eigenvalue weighted by atomic mass is 31.2. The van der Waals surface area contributed by atoms with E-state index in [2.05, 4.69) is 111 Å². The van der Waals surface area contributed by atoms with Crippen LogP contribution in [0.25, 0.3) is 0 Å². The van der Waals surface area contributed by atoms with Gasteiger partial charge in [-0.3, -0.25) is 18.6 Å². The second kappa shape index (κ2) is 53.3. The van der Waals surface area contributed by atoms with E-state index in [0.29, 0.717) is 6.42 Å². The van der Waals surface area contributed by atoms with Crippen LogP contribution in [0.3, 0.4) is 0 Å². The first-order valence-corrected chi connectivity index (χ1v) is 28.7. The summed E-state index contributed by atoms with van der Waals surface area (Å²) in [6.07, 6.45) is 70.2. The summed E-state index contributed by atoms with van der Waals surface area (Å²) in [5.74, 6) is -0.847. The van der Waals surface area contributed by atoms with Gasteiger partial charge in [0.15, 0.2) is 6.10 Å². The predicted octanol–water partition coefficient (Wildman–Crippen LogP) is 16.9. The summed E-state index contributed by atoms with van der Waals surface area (Å²) in [6, 6.07) is 0. The van der Waals surface area contributed by atoms with Gasteiger partial charge < -0.3 is 20.1 Å². The van der Waals surface area contributed by atoms with E-state index in [0.717, 1.165) is 109 Å². The van der Waals surface area contributed by atoms with Gasteiger partial charge in [0.1, 0.15) is 6.61 Å². The first kappa shape index (κ1) is 64.9. The molecule has 68 heavy (non-hydrogen) atoms. The summed E-state index contributed by atoms with van der Waals surface area (Å²) in [4.78, 5) is 35.1. The Morgan fingerprint density at radius 3 is 1.22 bits per heavy atom. The van der Waals surface area contributed by atoms with Gasteiger partial charge in [0.25, 0.3) is 0 Å². The second-order valence-corrected chi connectivity index (χ2v) is 19.2. The number of hydrogen-bond acceptors (Lipinski definition) is 8. The van der Waals surface area contributed by atoms with Crippen LogP contribution in [0.4, 0.5) is 0 Å². The molecule has 0 heterocycles. The number of carbonyl (C=O) groups is 2. The summed E-state index contributed by atoms with van der Waals surface area (Å²) in [5, 5.41) is 0. The number of rotatable bonds is 50. The number of hydrogen-bond donors (Lipinski definition) is 2. The van der Waals surface area contributed by atoms with Crippen LogP contribution in [0.15, 0.2) is 97.2 Å². The van der Waals surface area contributed by atoms with E-state index < -0.39 is 32.5 Å². The Morgan fingerprint density at radius 2 is 0.809 bits per heavy atom. The van der Waals surface area contributed by atoms with Crippen LogP contribution in [0, 0.1) is 0 Å². The normalized spacial score (nSPS) is 13.9. The van der Waals surface area contributed by atoms with Crippen LogP contribution in [-0.4, -0.2) is 49.3 Å². The van der Waals surface area contributed by atoms with E-state index in [1.54, 1.807) is 0 Å². The van der Waals surface area contributed by atoms with Gasteiger partial charge in [-0.05, 0) is 96.3 Å². The number of esters is 2. The molecule has 0 spiro atoms. The lowest BCUT2D eigenvalue weighted by atomic mass is 10.1. The summed E-state index contributed by atoms with van der Waals surface area (Å²) in [5.41, 5.74) is 5.37. The molecule has 0 saturated carbocycles. The molecule has 0 amide bonds. The van der Waals surface area contributed by atoms with Crippen molar-refractivity contribution < 1.29 is 37.6 Å². The van der Waals surface area contributed by atoms with Crippen molar-refractivity contribution in [3.8, 4) is 0 Å². The van der Waals surface area contributed by atoms with Crippen LogP contribution >= 0.6 is 7.82 Å². The molecule has 10 heteroatoms. The topological polar surface area (TPSA) is 134 Å². The molecule has 0 aromatic rings. The van der Waals surface area contributed by atoms with Gasteiger partial charge in [-0.15, -0.1) is 0 Å². The molecule has 0 saturated heterocycles. The molecule has 0 aromatic heterocycles. The minimum atomic E-state index is -4.39. The fourth-order valence-corrected chi connectivity index (χ4v) is 7.96. The average molecular weight is 970 g/mol. The van der Waals surface area contributed by atoms with Gasteiger partial charge in [0.2, 0.25) is 0 Å². The van der Waals surface area contributed by atoms with Crippen LogP contribution in [0.2, 0.25) is 0 Å². The first-order chi connectivity index (χ1) is 33.3. The Kier molecular flexibility index (Phi) is 50.9. The highest BCUT2D eigenvalue weighted by Crippen LogP contribution is 2.43. The van der Waals surface area contributed by atoms with Crippen LogP contribution in [0.5, 0.6) is 0 Å². The number of phosphoric ester groups is 1. The zero-order valence-electron chi connectivity index (χ0n) is 43.3. The molecule has 0 aromatic carbocycles. The molecule has 0 bridgehead atoms. The van der Waals surface area contributed by atoms with Gasteiger partial charge in [0, 0.05) is 19.4 Å². The van der Waals surface area contributed by atoms with Crippen molar-refractivity contribution in [3.05, 3.63) is 97.2 Å². The van der Waals surface area contributed by atoms with Gasteiger partial charge >= 0.3 is 19.8 Å². The van der Waals surface area contributed by atoms with Crippen molar-refractivity contribution in [1.82, 2.24) is 0 Å². The molecular formula is C58H100NO8P. The van der Waals surface area contributed by atoms with Crippen LogP contribution in [-0.2, 0) is 32.7 Å². The quantitative estimate of drug-likeness (QED) is 0.0264. The van der Waals surface area contributed by atoms with Crippen molar-refractivity contribution in [2.24, 2.45) is 5.73 Å². The third-order valence-corrected chi connectivity index (χ3v) is 12.2. The lowest BCUT2D eigenvalue weighted by Gasteiger charge is -2.19. The molecular weight excluding hydrogens is 870 g/mol. The highest BCUT2D eigenvalue weighted by molar-refractivity contribution is 7.47. The highest BCUT2D eigenvalue weighted by Gasteiger charge is 2.26. The van der Waals surface area contributed by atoms with Crippen LogP contribution in [0.1, 0.15) is 226 Å². The lowest BCUT2D eigenvalue weighted by molar-refractivity contribution is -0.161. The van der Waals surface area contributed by atoms with Gasteiger partial charge in [0.05, 0.1) is 13.2 Å². The summed E-state index contributed by atoms with van der Waals surface area (Å²) in [7, 11) is -4.39. The van der Waals surface area contributed by atoms with Gasteiger partial charge in [-0.2, -0.15) is 0 Å². The number of carbonyl (C=O) groups excluding carboxylic acids is 2. The number of nitrogens with two attached hydrogens (primary N) is 1. The zero-order valence-corrected chi connectivity index (χ0v) is 44.2. The SMILES string of the molecule is CC/C=C\C/C=C\C/C=C\C/C=C\C/C=C\C/C=C\C/C=C\CCCCCCCCCCCC(=O)OC(COC(=O)CCCCCCC/C=C\CCCCCCCCC)COP(=O)(O)OCCN. The molecule has 0 fully saturated rings. The smallest absolute Gasteiger partial charge is 0.462 e. The molecule has 0 aliphatic carbocycles. The molecule has 390 valence electrons. The van der Waals surface area contributed by atoms with Crippen molar-refractivity contribution in [3.63, 3.8) is 0 Å². The first-order valence-electron chi connectivity index (χ1n) is 27.2. The van der Waals surface area contributed by atoms with Crippen molar-refractivity contribution in [2.45, 2.75) is 232 Å². The van der Waals surface area contributed by atoms with Crippen molar-refractivity contribution in [2.75, 3.05) is 26.4 Å². The average Bonchev–Trinajstić information content (AvgIpc) is 3.33. The van der Waals surface area contributed by atoms with Gasteiger partial charge in [-0.25, -0.2) is 4.57 Å². The number of ether oxygens (including phenoxy) is 2. The van der Waals surface area contributed by atoms with E-state index >= 15 is 0 Å². The monoisotopic (exact) mass is 970 g/mol. The molecule has 9 nitrogen and oxygen atoms in total. The maximum Gasteiger partial charge on any atom is 0.472 e. The maximum atomic E-state index is 12.7. The Balaban J connectivity index is 4.04. The number of allylic oxidation sites excluding steroid dienone is 16. The maximum absolute atomic E-state index is 12.7. The molecule has 0 rings (SSSR count). The second-order valence-electron chi connectivity index (χ2n) is 17.7. The zero-order chi connectivity index (χ0) is 49.5.